The average Bonchev–Trinajstić information content (AvgIpc) is 3.22. The van der Waals surface area contributed by atoms with Crippen molar-refractivity contribution in [2.24, 2.45) is 0 Å². The Balaban J connectivity index is 1.62. The summed E-state index contributed by atoms with van der Waals surface area (Å²) in [5.74, 6) is -0.630. The van der Waals surface area contributed by atoms with E-state index in [0.717, 1.165) is 23.1 Å². The predicted molar refractivity (Wildman–Crippen MR) is 123 cm³/mol. The molecule has 0 saturated carbocycles. The van der Waals surface area contributed by atoms with Crippen molar-refractivity contribution in [3.63, 3.8) is 0 Å². The number of alkyl halides is 3. The number of para-hydroxylation sites is 1. The van der Waals surface area contributed by atoms with Crippen LogP contribution < -0.4 is 4.74 Å². The molecule has 0 fully saturated rings. The number of hydrogen-bond acceptors (Lipinski definition) is 4. The molecular formula is C24H17ClF4N2O3S. The van der Waals surface area contributed by atoms with E-state index in [1.165, 1.54) is 42.5 Å². The summed E-state index contributed by atoms with van der Waals surface area (Å²) in [5.41, 5.74) is -0.346. The Morgan fingerprint density at radius 2 is 1.74 bits per heavy atom. The first-order valence-corrected chi connectivity index (χ1v) is 12.3. The first-order chi connectivity index (χ1) is 16.4. The number of hydrogen-bond donors (Lipinski definition) is 0. The molecule has 0 unspecified atom stereocenters. The maximum absolute atomic E-state index is 14.8. The highest BCUT2D eigenvalue weighted by molar-refractivity contribution is 7.90. The molecule has 0 atom stereocenters. The zero-order valence-electron chi connectivity index (χ0n) is 18.1. The van der Waals surface area contributed by atoms with Crippen molar-refractivity contribution >= 4 is 21.4 Å². The summed E-state index contributed by atoms with van der Waals surface area (Å²) >= 11 is 6.14. The fourth-order valence-corrected chi connectivity index (χ4v) is 4.25. The van der Waals surface area contributed by atoms with Gasteiger partial charge in [-0.05, 0) is 48.0 Å². The molecule has 0 spiro atoms. The number of nitrogens with zero attached hydrogens (tertiary/aromatic N) is 2. The molecule has 11 heteroatoms. The molecule has 0 saturated heterocycles. The minimum Gasteiger partial charge on any atom is -0.487 e. The molecule has 35 heavy (non-hydrogen) atoms. The SMILES string of the molecule is CS(=O)(=O)c1cccc(-c2ccc(OCc3cc(C(F)(F)F)nn3-c3ccccc3Cl)cc2F)c1. The number of ether oxygens (including phenoxy) is 1. The van der Waals surface area contributed by atoms with E-state index in [4.69, 9.17) is 16.3 Å². The van der Waals surface area contributed by atoms with Crippen molar-refractivity contribution in [1.82, 2.24) is 9.78 Å². The van der Waals surface area contributed by atoms with E-state index in [0.29, 0.717) is 5.56 Å². The molecule has 5 nitrogen and oxygen atoms in total. The van der Waals surface area contributed by atoms with Crippen LogP contribution in [0.1, 0.15) is 11.4 Å². The number of halogens is 5. The smallest absolute Gasteiger partial charge is 0.435 e. The molecule has 0 aliphatic rings. The van der Waals surface area contributed by atoms with Crippen LogP contribution in [0.4, 0.5) is 17.6 Å². The van der Waals surface area contributed by atoms with Gasteiger partial charge in [-0.15, -0.1) is 0 Å². The van der Waals surface area contributed by atoms with E-state index >= 15 is 0 Å². The Labute approximate surface area is 203 Å². The maximum atomic E-state index is 14.8. The topological polar surface area (TPSA) is 61.2 Å². The summed E-state index contributed by atoms with van der Waals surface area (Å²) in [4.78, 5) is 0.0445. The summed E-state index contributed by atoms with van der Waals surface area (Å²) < 4.78 is 84.9. The zero-order valence-corrected chi connectivity index (χ0v) is 19.6. The summed E-state index contributed by atoms with van der Waals surface area (Å²) in [7, 11) is -3.48. The van der Waals surface area contributed by atoms with Crippen molar-refractivity contribution in [2.45, 2.75) is 17.7 Å². The van der Waals surface area contributed by atoms with Gasteiger partial charge in [-0.2, -0.15) is 18.3 Å². The van der Waals surface area contributed by atoms with Gasteiger partial charge in [0.05, 0.1) is 21.3 Å². The van der Waals surface area contributed by atoms with Gasteiger partial charge in [-0.1, -0.05) is 35.9 Å². The lowest BCUT2D eigenvalue weighted by atomic mass is 10.1. The van der Waals surface area contributed by atoms with Crippen LogP contribution in [0.15, 0.2) is 77.7 Å². The monoisotopic (exact) mass is 524 g/mol. The van der Waals surface area contributed by atoms with Gasteiger partial charge in [0, 0.05) is 17.9 Å². The fourth-order valence-electron chi connectivity index (χ4n) is 3.36. The third-order valence-electron chi connectivity index (χ3n) is 5.05. The van der Waals surface area contributed by atoms with Crippen molar-refractivity contribution in [3.8, 4) is 22.6 Å². The van der Waals surface area contributed by atoms with Gasteiger partial charge >= 0.3 is 6.18 Å². The van der Waals surface area contributed by atoms with E-state index in [-0.39, 0.29) is 39.2 Å². The van der Waals surface area contributed by atoms with Crippen LogP contribution in [0.25, 0.3) is 16.8 Å². The molecule has 4 rings (SSSR count). The molecule has 1 aromatic heterocycles. The Kier molecular flexibility index (Phi) is 6.61. The highest BCUT2D eigenvalue weighted by Crippen LogP contribution is 2.32. The van der Waals surface area contributed by atoms with Crippen LogP contribution in [0, 0.1) is 5.82 Å². The average molecular weight is 525 g/mol. The van der Waals surface area contributed by atoms with Crippen LogP contribution in [0.3, 0.4) is 0 Å². The van der Waals surface area contributed by atoms with Crippen LogP contribution in [0.2, 0.25) is 5.02 Å². The van der Waals surface area contributed by atoms with Crippen LogP contribution in [-0.2, 0) is 22.6 Å². The first-order valence-electron chi connectivity index (χ1n) is 10.1. The number of aromatic nitrogens is 2. The van der Waals surface area contributed by atoms with Gasteiger partial charge in [-0.3, -0.25) is 0 Å². The van der Waals surface area contributed by atoms with Crippen LogP contribution >= 0.6 is 11.6 Å². The molecule has 0 aliphatic heterocycles. The second-order valence-electron chi connectivity index (χ2n) is 7.61. The summed E-state index contributed by atoms with van der Waals surface area (Å²) in [6, 6.07) is 16.8. The van der Waals surface area contributed by atoms with Gasteiger partial charge < -0.3 is 4.74 Å². The lowest BCUT2D eigenvalue weighted by Crippen LogP contribution is -2.08. The van der Waals surface area contributed by atoms with E-state index in [1.54, 1.807) is 18.2 Å². The van der Waals surface area contributed by atoms with E-state index in [1.807, 2.05) is 0 Å². The molecular weight excluding hydrogens is 508 g/mol. The Hall–Kier alpha value is -3.37. The minimum absolute atomic E-state index is 0.0445. The largest absolute Gasteiger partial charge is 0.487 e. The van der Waals surface area contributed by atoms with Crippen molar-refractivity contribution in [1.29, 1.82) is 0 Å². The van der Waals surface area contributed by atoms with Crippen LogP contribution in [0.5, 0.6) is 5.75 Å². The molecule has 1 heterocycles. The summed E-state index contributed by atoms with van der Waals surface area (Å²) in [6.07, 6.45) is -3.63. The summed E-state index contributed by atoms with van der Waals surface area (Å²) in [5, 5.41) is 3.82. The standard InChI is InChI=1S/C24H17ClF4N2O3S/c1-35(32,33)18-6-4-5-15(11-18)19-10-9-17(13-21(19)26)34-14-16-12-23(24(27,28)29)30-31(16)22-8-3-2-7-20(22)25/h2-13H,14H2,1H3. The molecule has 0 radical (unpaired) electrons. The Bertz CT molecular complexity index is 1500. The second kappa shape index (κ2) is 9.35. The van der Waals surface area contributed by atoms with Crippen molar-refractivity contribution < 1.29 is 30.7 Å². The first kappa shape index (κ1) is 24.7. The van der Waals surface area contributed by atoms with E-state index < -0.39 is 27.5 Å². The predicted octanol–water partition coefficient (Wildman–Crippen LogP) is 6.33. The number of sulfone groups is 1. The fraction of sp³-hybridized carbons (Fsp3) is 0.125. The molecule has 182 valence electrons. The van der Waals surface area contributed by atoms with E-state index in [9.17, 15) is 26.0 Å². The highest BCUT2D eigenvalue weighted by Gasteiger charge is 2.35. The van der Waals surface area contributed by atoms with Gasteiger partial charge in [-0.25, -0.2) is 17.5 Å². The Morgan fingerprint density at radius 3 is 2.40 bits per heavy atom. The third-order valence-corrected chi connectivity index (χ3v) is 6.48. The normalized spacial score (nSPS) is 12.1. The maximum Gasteiger partial charge on any atom is 0.435 e. The van der Waals surface area contributed by atoms with Gasteiger partial charge in [0.25, 0.3) is 0 Å². The minimum atomic E-state index is -4.69. The quantitative estimate of drug-likeness (QED) is 0.276. The molecule has 0 N–H and O–H groups in total. The van der Waals surface area contributed by atoms with Crippen molar-refractivity contribution in [3.05, 3.63) is 95.0 Å². The molecule has 0 aliphatic carbocycles. The zero-order chi connectivity index (χ0) is 25.4. The number of benzene rings is 3. The highest BCUT2D eigenvalue weighted by atomic mass is 35.5. The van der Waals surface area contributed by atoms with Gasteiger partial charge in [0.2, 0.25) is 0 Å². The van der Waals surface area contributed by atoms with Gasteiger partial charge in [0.15, 0.2) is 15.5 Å². The molecule has 0 amide bonds. The Morgan fingerprint density at radius 1 is 1.00 bits per heavy atom. The second-order valence-corrected chi connectivity index (χ2v) is 10.0. The van der Waals surface area contributed by atoms with Crippen molar-refractivity contribution in [2.75, 3.05) is 6.26 Å². The lowest BCUT2D eigenvalue weighted by molar-refractivity contribution is -0.141. The lowest BCUT2D eigenvalue weighted by Gasteiger charge is -2.12. The third kappa shape index (κ3) is 5.49. The van der Waals surface area contributed by atoms with Gasteiger partial charge in [0.1, 0.15) is 18.2 Å². The molecule has 3 aromatic carbocycles. The van der Waals surface area contributed by atoms with Crippen LogP contribution in [-0.4, -0.2) is 24.5 Å². The summed E-state index contributed by atoms with van der Waals surface area (Å²) in [6.45, 7) is -0.351. The van der Waals surface area contributed by atoms with E-state index in [2.05, 4.69) is 5.10 Å². The molecule has 4 aromatic rings. The number of rotatable bonds is 6. The molecule has 0 bridgehead atoms.